The Kier molecular flexibility index (Phi) is 5.13. The van der Waals surface area contributed by atoms with Crippen LogP contribution in [-0.2, 0) is 5.41 Å². The van der Waals surface area contributed by atoms with Crippen LogP contribution >= 0.6 is 11.6 Å². The summed E-state index contributed by atoms with van der Waals surface area (Å²) >= 11 is 6.14. The molecule has 1 fully saturated rings. The zero-order valence-corrected chi connectivity index (χ0v) is 18.5. The van der Waals surface area contributed by atoms with Crippen molar-refractivity contribution < 1.29 is 13.5 Å². The molecule has 0 unspecified atom stereocenters. The summed E-state index contributed by atoms with van der Waals surface area (Å²) in [6.45, 7) is 0.796. The molecule has 0 radical (unpaired) electrons. The summed E-state index contributed by atoms with van der Waals surface area (Å²) in [4.78, 5) is 12.6. The number of fused-ring (bicyclic) bond motifs is 1. The SMILES string of the molecule is Cc1cc(OC(F)F)nc(C)c1-c1ccc(C2(c3nc4ccc(Cl)cc4[nH]3)CCC2)cc1. The first-order valence-corrected chi connectivity index (χ1v) is 10.9. The van der Waals surface area contributed by atoms with Gasteiger partial charge in [0.2, 0.25) is 5.88 Å². The number of benzene rings is 2. The number of aryl methyl sites for hydroxylation is 2. The molecule has 2 heterocycles. The summed E-state index contributed by atoms with van der Waals surface area (Å²) in [6, 6.07) is 15.7. The van der Waals surface area contributed by atoms with E-state index in [1.807, 2.05) is 32.0 Å². The van der Waals surface area contributed by atoms with Gasteiger partial charge in [-0.05, 0) is 61.6 Å². The van der Waals surface area contributed by atoms with Gasteiger partial charge in [-0.1, -0.05) is 42.3 Å². The molecule has 4 aromatic rings. The number of aromatic amines is 1. The Morgan fingerprint density at radius 2 is 1.78 bits per heavy atom. The third-order valence-corrected chi connectivity index (χ3v) is 6.65. The summed E-state index contributed by atoms with van der Waals surface area (Å²) in [7, 11) is 0. The van der Waals surface area contributed by atoms with Crippen LogP contribution in [0.15, 0.2) is 48.5 Å². The lowest BCUT2D eigenvalue weighted by Gasteiger charge is -2.40. The van der Waals surface area contributed by atoms with Gasteiger partial charge in [0, 0.05) is 22.3 Å². The average Bonchev–Trinajstić information content (AvgIpc) is 3.10. The number of alkyl halides is 2. The van der Waals surface area contributed by atoms with Gasteiger partial charge in [0.25, 0.3) is 0 Å². The van der Waals surface area contributed by atoms with E-state index in [0.29, 0.717) is 10.7 Å². The number of nitrogens with zero attached hydrogens (tertiary/aromatic N) is 2. The Morgan fingerprint density at radius 1 is 1.03 bits per heavy atom. The van der Waals surface area contributed by atoms with E-state index in [1.54, 1.807) is 6.07 Å². The summed E-state index contributed by atoms with van der Waals surface area (Å²) in [5, 5.41) is 0.684. The number of aromatic nitrogens is 3. The second kappa shape index (κ2) is 7.85. The van der Waals surface area contributed by atoms with Crippen molar-refractivity contribution in [2.75, 3.05) is 0 Å². The summed E-state index contributed by atoms with van der Waals surface area (Å²) < 4.78 is 29.6. The van der Waals surface area contributed by atoms with Gasteiger partial charge < -0.3 is 9.72 Å². The van der Waals surface area contributed by atoms with Crippen molar-refractivity contribution in [3.63, 3.8) is 0 Å². The second-order valence-corrected chi connectivity index (χ2v) is 8.81. The normalized spacial score (nSPS) is 15.2. The predicted molar refractivity (Wildman–Crippen MR) is 122 cm³/mol. The van der Waals surface area contributed by atoms with Crippen molar-refractivity contribution in [2.24, 2.45) is 0 Å². The maximum atomic E-state index is 12.6. The lowest BCUT2D eigenvalue weighted by Crippen LogP contribution is -2.36. The van der Waals surface area contributed by atoms with Gasteiger partial charge in [0.15, 0.2) is 0 Å². The molecule has 1 aliphatic carbocycles. The maximum Gasteiger partial charge on any atom is 0.388 e. The standard InChI is InChI=1S/C25H22ClF2N3O/c1-14-12-21(32-24(27)28)29-15(2)22(14)16-4-6-17(7-5-16)25(10-3-11-25)23-30-19-9-8-18(26)13-20(19)31-23/h4-9,12-13,24H,3,10-11H2,1-2H3,(H,30,31). The lowest BCUT2D eigenvalue weighted by molar-refractivity contribution is -0.0529. The number of hydrogen-bond acceptors (Lipinski definition) is 3. The number of imidazole rings is 1. The highest BCUT2D eigenvalue weighted by Gasteiger charge is 2.43. The molecule has 4 nitrogen and oxygen atoms in total. The summed E-state index contributed by atoms with van der Waals surface area (Å²) in [5.41, 5.74) is 6.34. The molecular weight excluding hydrogens is 432 g/mol. The molecule has 2 aromatic heterocycles. The molecule has 0 spiro atoms. The van der Waals surface area contributed by atoms with E-state index in [0.717, 1.165) is 52.8 Å². The van der Waals surface area contributed by atoms with Gasteiger partial charge >= 0.3 is 6.61 Å². The van der Waals surface area contributed by atoms with Crippen LogP contribution in [0.2, 0.25) is 5.02 Å². The highest BCUT2D eigenvalue weighted by molar-refractivity contribution is 6.31. The third-order valence-electron chi connectivity index (χ3n) is 6.41. The average molecular weight is 454 g/mol. The number of ether oxygens (including phenoxy) is 1. The van der Waals surface area contributed by atoms with E-state index in [9.17, 15) is 8.78 Å². The molecule has 1 aliphatic rings. The number of hydrogen-bond donors (Lipinski definition) is 1. The fraction of sp³-hybridized carbons (Fsp3) is 0.280. The van der Waals surface area contributed by atoms with Crippen molar-refractivity contribution in [3.8, 4) is 17.0 Å². The molecule has 0 aliphatic heterocycles. The fourth-order valence-electron chi connectivity index (χ4n) is 4.74. The van der Waals surface area contributed by atoms with Crippen LogP contribution in [0, 0.1) is 13.8 Å². The first-order chi connectivity index (χ1) is 15.4. The Hall–Kier alpha value is -2.99. The van der Waals surface area contributed by atoms with Gasteiger partial charge in [0.05, 0.1) is 16.4 Å². The Balaban J connectivity index is 1.50. The number of pyridine rings is 1. The zero-order valence-electron chi connectivity index (χ0n) is 17.8. The minimum absolute atomic E-state index is 0.0613. The van der Waals surface area contributed by atoms with Gasteiger partial charge in [-0.15, -0.1) is 0 Å². The van der Waals surface area contributed by atoms with Crippen LogP contribution < -0.4 is 4.74 Å². The predicted octanol–water partition coefficient (Wildman–Crippen LogP) is 6.97. The van der Waals surface area contributed by atoms with Crippen LogP contribution in [0.25, 0.3) is 22.2 Å². The van der Waals surface area contributed by atoms with Crippen molar-refractivity contribution >= 4 is 22.6 Å². The third kappa shape index (κ3) is 3.52. The van der Waals surface area contributed by atoms with E-state index in [1.165, 1.54) is 5.56 Å². The van der Waals surface area contributed by atoms with Crippen LogP contribution in [0.4, 0.5) is 8.78 Å². The van der Waals surface area contributed by atoms with Gasteiger partial charge in [-0.3, -0.25) is 0 Å². The molecule has 1 N–H and O–H groups in total. The Labute approximate surface area is 189 Å². The smallest absolute Gasteiger partial charge is 0.388 e. The molecule has 0 atom stereocenters. The van der Waals surface area contributed by atoms with Crippen LogP contribution in [0.3, 0.4) is 0 Å². The van der Waals surface area contributed by atoms with Gasteiger partial charge in [-0.2, -0.15) is 8.78 Å². The van der Waals surface area contributed by atoms with Crippen molar-refractivity contribution in [1.29, 1.82) is 0 Å². The second-order valence-electron chi connectivity index (χ2n) is 8.38. The van der Waals surface area contributed by atoms with Crippen molar-refractivity contribution in [3.05, 3.63) is 76.2 Å². The van der Waals surface area contributed by atoms with Crippen molar-refractivity contribution in [2.45, 2.75) is 45.1 Å². The Bertz CT molecular complexity index is 1270. The number of rotatable bonds is 5. The fourth-order valence-corrected chi connectivity index (χ4v) is 4.91. The highest BCUT2D eigenvalue weighted by Crippen LogP contribution is 2.48. The van der Waals surface area contributed by atoms with Crippen molar-refractivity contribution in [1.82, 2.24) is 15.0 Å². The topological polar surface area (TPSA) is 50.8 Å². The van der Waals surface area contributed by atoms with E-state index < -0.39 is 6.61 Å². The summed E-state index contributed by atoms with van der Waals surface area (Å²) in [5.74, 6) is 0.907. The minimum atomic E-state index is -2.89. The minimum Gasteiger partial charge on any atom is -0.417 e. The molecular formula is C25H22ClF2N3O. The Morgan fingerprint density at radius 3 is 2.41 bits per heavy atom. The molecule has 0 amide bonds. The molecule has 5 rings (SSSR count). The zero-order chi connectivity index (χ0) is 22.5. The number of halogens is 3. The van der Waals surface area contributed by atoms with Gasteiger partial charge in [0.1, 0.15) is 5.82 Å². The van der Waals surface area contributed by atoms with Gasteiger partial charge in [-0.25, -0.2) is 9.97 Å². The van der Waals surface area contributed by atoms with Crippen LogP contribution in [0.5, 0.6) is 5.88 Å². The molecule has 32 heavy (non-hydrogen) atoms. The molecule has 2 aromatic carbocycles. The monoisotopic (exact) mass is 453 g/mol. The highest BCUT2D eigenvalue weighted by atomic mass is 35.5. The van der Waals surface area contributed by atoms with E-state index in [2.05, 4.69) is 39.0 Å². The van der Waals surface area contributed by atoms with E-state index in [-0.39, 0.29) is 11.3 Å². The number of H-pyrrole nitrogens is 1. The molecule has 7 heteroatoms. The van der Waals surface area contributed by atoms with Crippen LogP contribution in [-0.4, -0.2) is 21.6 Å². The quantitative estimate of drug-likeness (QED) is 0.355. The largest absolute Gasteiger partial charge is 0.417 e. The molecule has 164 valence electrons. The first-order valence-electron chi connectivity index (χ1n) is 10.6. The lowest BCUT2D eigenvalue weighted by atomic mass is 9.64. The van der Waals surface area contributed by atoms with E-state index in [4.69, 9.17) is 16.6 Å². The molecule has 1 saturated carbocycles. The molecule has 0 bridgehead atoms. The summed E-state index contributed by atoms with van der Waals surface area (Å²) in [6.07, 6.45) is 3.20. The molecule has 0 saturated heterocycles. The maximum absolute atomic E-state index is 12.6. The first kappa shape index (κ1) is 20.9. The van der Waals surface area contributed by atoms with E-state index >= 15 is 0 Å². The van der Waals surface area contributed by atoms with Crippen LogP contribution in [0.1, 0.15) is 41.9 Å². The number of nitrogens with one attached hydrogen (secondary N) is 1.